The van der Waals surface area contributed by atoms with Crippen molar-refractivity contribution in [2.24, 2.45) is 0 Å². The topological polar surface area (TPSA) is 63.6 Å². The second kappa shape index (κ2) is 2.59. The van der Waals surface area contributed by atoms with E-state index in [0.29, 0.717) is 0 Å². The first kappa shape index (κ1) is 8.10. The van der Waals surface area contributed by atoms with Gasteiger partial charge in [0.2, 0.25) is 0 Å². The zero-order valence-corrected chi connectivity index (χ0v) is 6.09. The molecule has 0 amide bonds. The molecule has 0 aromatic heterocycles. The summed E-state index contributed by atoms with van der Waals surface area (Å²) in [5, 5.41) is 0. The molecule has 0 aromatic carbocycles. The molecule has 0 heterocycles. The molecule has 0 aromatic rings. The van der Waals surface area contributed by atoms with Crippen LogP contribution in [0.3, 0.4) is 0 Å². The Balaban J connectivity index is 3.75. The molecule has 4 nitrogen and oxygen atoms in total. The van der Waals surface area contributed by atoms with Gasteiger partial charge in [-0.2, -0.15) is 0 Å². The van der Waals surface area contributed by atoms with Gasteiger partial charge in [0.05, 0.1) is 0 Å². The number of hydrogen-bond acceptors (Lipinski definition) is 3. The van der Waals surface area contributed by atoms with E-state index in [0.717, 1.165) is 0 Å². The van der Waals surface area contributed by atoms with Crippen molar-refractivity contribution in [2.45, 2.75) is 20.0 Å². The monoisotopic (exact) mass is 159 g/mol. The van der Waals surface area contributed by atoms with Crippen LogP contribution in [0.1, 0.15) is 13.8 Å². The van der Waals surface area contributed by atoms with Crippen molar-refractivity contribution in [1.29, 1.82) is 0 Å². The van der Waals surface area contributed by atoms with Crippen LogP contribution in [0.25, 0.3) is 0 Å². The third kappa shape index (κ3) is 6.10. The molecule has 49 valence electrons. The second-order valence-corrected chi connectivity index (χ2v) is 3.42. The molecule has 0 aliphatic carbocycles. The van der Waals surface area contributed by atoms with Gasteiger partial charge in [0.1, 0.15) is 0 Å². The van der Waals surface area contributed by atoms with Crippen molar-refractivity contribution in [2.75, 3.05) is 0 Å². The van der Waals surface area contributed by atoms with Gasteiger partial charge in [0.25, 0.3) is 0 Å². The number of rotatable bonds is 2. The van der Waals surface area contributed by atoms with E-state index in [1.807, 2.05) is 0 Å². The van der Waals surface area contributed by atoms with Crippen LogP contribution in [0.15, 0.2) is 0 Å². The molecule has 1 N–H and O–H groups in total. The Morgan fingerprint density at radius 1 is 1.50 bits per heavy atom. The zero-order chi connectivity index (χ0) is 6.78. The Hall–Kier alpha value is 0.104. The Morgan fingerprint density at radius 3 is 1.88 bits per heavy atom. The van der Waals surface area contributed by atoms with Gasteiger partial charge in [-0.3, -0.25) is 0 Å². The van der Waals surface area contributed by atoms with Gasteiger partial charge in [-0.15, -0.1) is 0 Å². The molecule has 0 aliphatic heterocycles. The predicted octanol–water partition coefficient (Wildman–Crippen LogP) is 0.0786. The van der Waals surface area contributed by atoms with E-state index in [2.05, 4.69) is 3.66 Å². The summed E-state index contributed by atoms with van der Waals surface area (Å²) >= 11 is -5.02. The van der Waals surface area contributed by atoms with E-state index in [9.17, 15) is 7.35 Å². The van der Waals surface area contributed by atoms with Crippen molar-refractivity contribution in [3.63, 3.8) is 0 Å². The molecule has 0 saturated heterocycles. The van der Waals surface area contributed by atoms with Crippen LogP contribution >= 0.6 is 0 Å². The summed E-state index contributed by atoms with van der Waals surface area (Å²) in [6, 6.07) is 0. The molecule has 0 aliphatic rings. The third-order valence-corrected chi connectivity index (χ3v) is 1.42. The van der Waals surface area contributed by atoms with Crippen molar-refractivity contribution in [3.8, 4) is 0 Å². The first-order chi connectivity index (χ1) is 3.42. The van der Waals surface area contributed by atoms with Crippen molar-refractivity contribution in [3.05, 3.63) is 0 Å². The summed E-state index contributed by atoms with van der Waals surface area (Å²) in [6.45, 7) is 3.06. The predicted molar refractivity (Wildman–Crippen MR) is 19.8 cm³/mol. The van der Waals surface area contributed by atoms with E-state index >= 15 is 0 Å². The van der Waals surface area contributed by atoms with Crippen LogP contribution in [0.5, 0.6) is 0 Å². The van der Waals surface area contributed by atoms with E-state index in [1.165, 1.54) is 13.8 Å². The van der Waals surface area contributed by atoms with Gasteiger partial charge in [-0.25, -0.2) is 0 Å². The molecule has 0 radical (unpaired) electrons. The van der Waals surface area contributed by atoms with Gasteiger partial charge in [0, 0.05) is 0 Å². The number of hydrogen-bond donors (Lipinski definition) is 1. The first-order valence-corrected chi connectivity index (χ1v) is 4.47. The van der Waals surface area contributed by atoms with Gasteiger partial charge >= 0.3 is 49.6 Å². The van der Waals surface area contributed by atoms with Crippen molar-refractivity contribution < 1.29 is 29.7 Å². The van der Waals surface area contributed by atoms with Crippen LogP contribution in [0, 0.1) is 0 Å². The van der Waals surface area contributed by atoms with Gasteiger partial charge < -0.3 is 0 Å². The molecule has 0 rings (SSSR count). The van der Waals surface area contributed by atoms with Crippen molar-refractivity contribution >= 4 is 0 Å². The van der Waals surface area contributed by atoms with Crippen LogP contribution in [-0.4, -0.2) is 10.1 Å². The first-order valence-electron chi connectivity index (χ1n) is 2.14. The second-order valence-electron chi connectivity index (χ2n) is 1.62. The summed E-state index contributed by atoms with van der Waals surface area (Å²) in [4.78, 5) is 0. The van der Waals surface area contributed by atoms with Gasteiger partial charge in [-0.1, -0.05) is 0 Å². The standard InChI is InChI=1S/C3H7O.H2O.2O.V/c1-3(2)4;;;;/h3H,1-2H3;1H2;;;/q-1;;;;+2/p-1. The summed E-state index contributed by atoms with van der Waals surface area (Å²) in [7, 11) is 0. The third-order valence-electron chi connectivity index (χ3n) is 0.344. The Morgan fingerprint density at radius 2 is 1.88 bits per heavy atom. The molecule has 0 saturated carbocycles. The Kier molecular flexibility index (Phi) is 2.63. The van der Waals surface area contributed by atoms with Crippen molar-refractivity contribution in [1.82, 2.24) is 0 Å². The summed E-state index contributed by atoms with van der Waals surface area (Å²) < 4.78 is 31.8. The van der Waals surface area contributed by atoms with E-state index in [1.54, 1.807) is 0 Å². The fourth-order valence-electron chi connectivity index (χ4n) is 0.266. The molecule has 0 unspecified atom stereocenters. The minimum absolute atomic E-state index is 0.456. The Labute approximate surface area is 50.3 Å². The average Bonchev–Trinajstić information content (AvgIpc) is 1.21. The summed E-state index contributed by atoms with van der Waals surface area (Å²) in [5.41, 5.74) is 0. The molecule has 0 bridgehead atoms. The Bertz CT molecular complexity index is 145. The fraction of sp³-hybridized carbons (Fsp3) is 1.00. The van der Waals surface area contributed by atoms with Crippen LogP contribution in [0.4, 0.5) is 0 Å². The molecule has 0 atom stereocenters. The van der Waals surface area contributed by atoms with Gasteiger partial charge in [0.15, 0.2) is 0 Å². The van der Waals surface area contributed by atoms with Gasteiger partial charge in [-0.05, 0) is 0 Å². The minimum atomic E-state index is -5.02. The maximum absolute atomic E-state index is 9.86. The van der Waals surface area contributed by atoms with E-state index in [-0.39, 0.29) is 0 Å². The SMILES string of the molecule is CC(C)[O][V](=[O])(=[O])[OH]. The maximum atomic E-state index is 9.86. The molecule has 0 fully saturated rings. The molecule has 5 heteroatoms. The molecule has 8 heavy (non-hydrogen) atoms. The van der Waals surface area contributed by atoms with Crippen LogP contribution < -0.4 is 0 Å². The quantitative estimate of drug-likeness (QED) is 0.619. The van der Waals surface area contributed by atoms with E-state index in [4.69, 9.17) is 4.03 Å². The summed E-state index contributed by atoms with van der Waals surface area (Å²) in [6.07, 6.45) is -0.456. The fourth-order valence-corrected chi connectivity index (χ4v) is 1.10. The average molecular weight is 159 g/mol. The zero-order valence-electron chi connectivity index (χ0n) is 4.70. The molecule has 0 spiro atoms. The summed E-state index contributed by atoms with van der Waals surface area (Å²) in [5.74, 6) is 0. The van der Waals surface area contributed by atoms with Crippen LogP contribution in [0.2, 0.25) is 0 Å². The molecular weight excluding hydrogens is 151 g/mol. The normalized spacial score (nSPS) is 12.5. The van der Waals surface area contributed by atoms with E-state index < -0.39 is 20.7 Å². The molecular formula is C3H8O4V. The van der Waals surface area contributed by atoms with Crippen LogP contribution in [-0.2, 0) is 25.6 Å².